The number of halogens is 2. The number of aliphatic hydroxyl groups excluding tert-OH is 1. The van der Waals surface area contributed by atoms with E-state index in [4.69, 9.17) is 4.74 Å². The van der Waals surface area contributed by atoms with Gasteiger partial charge in [-0.05, 0) is 18.2 Å². The normalized spacial score (nSPS) is 12.2. The van der Waals surface area contributed by atoms with E-state index in [0.717, 1.165) is 17.7 Å². The Balaban J connectivity index is 1.97. The molecule has 0 saturated carbocycles. The molecule has 0 aliphatic rings. The minimum Gasteiger partial charge on any atom is -0.481 e. The second-order valence-electron chi connectivity index (χ2n) is 4.45. The third-order valence-electron chi connectivity index (χ3n) is 3.03. The van der Waals surface area contributed by atoms with Crippen molar-refractivity contribution < 1.29 is 18.6 Å². The summed E-state index contributed by atoms with van der Waals surface area (Å²) < 4.78 is 32.1. The largest absolute Gasteiger partial charge is 0.481 e. The van der Waals surface area contributed by atoms with Crippen LogP contribution in [0.4, 0.5) is 8.78 Å². The molecule has 0 aliphatic carbocycles. The fourth-order valence-electron chi connectivity index (χ4n) is 2.02. The first kappa shape index (κ1) is 15.3. The molecule has 112 valence electrons. The lowest BCUT2D eigenvalue weighted by molar-refractivity contribution is 0.164. The smallest absolute Gasteiger partial charge is 0.217 e. The van der Waals surface area contributed by atoms with Gasteiger partial charge in [0.05, 0.1) is 18.8 Å². The van der Waals surface area contributed by atoms with E-state index in [-0.39, 0.29) is 12.1 Å². The Kier molecular flexibility index (Phi) is 5.19. The third kappa shape index (κ3) is 3.74. The predicted molar refractivity (Wildman–Crippen MR) is 73.8 cm³/mol. The number of aliphatic hydroxyl groups is 1. The second kappa shape index (κ2) is 7.10. The van der Waals surface area contributed by atoms with E-state index in [9.17, 15) is 13.9 Å². The lowest BCUT2D eigenvalue weighted by Gasteiger charge is -2.14. The Morgan fingerprint density at radius 3 is 2.62 bits per heavy atom. The molecule has 1 unspecified atom stereocenters. The van der Waals surface area contributed by atoms with Crippen molar-refractivity contribution >= 4 is 0 Å². The van der Waals surface area contributed by atoms with E-state index < -0.39 is 17.7 Å². The van der Waals surface area contributed by atoms with Crippen molar-refractivity contribution in [2.24, 2.45) is 0 Å². The van der Waals surface area contributed by atoms with Crippen LogP contribution in [0.5, 0.6) is 5.88 Å². The van der Waals surface area contributed by atoms with Crippen LogP contribution in [0.25, 0.3) is 0 Å². The minimum atomic E-state index is -1.27. The zero-order valence-electron chi connectivity index (χ0n) is 11.5. The molecule has 0 fully saturated rings. The van der Waals surface area contributed by atoms with Crippen molar-refractivity contribution in [1.29, 1.82) is 0 Å². The van der Waals surface area contributed by atoms with Gasteiger partial charge in [0.25, 0.3) is 0 Å². The number of hydrogen-bond donors (Lipinski definition) is 2. The fraction of sp³-hybridized carbons (Fsp3) is 0.267. The zero-order chi connectivity index (χ0) is 15.2. The number of aromatic nitrogens is 1. The molecule has 21 heavy (non-hydrogen) atoms. The number of rotatable bonds is 6. The first-order chi connectivity index (χ1) is 10.1. The van der Waals surface area contributed by atoms with E-state index >= 15 is 0 Å². The molecule has 0 saturated heterocycles. The molecule has 2 rings (SSSR count). The summed E-state index contributed by atoms with van der Waals surface area (Å²) in [6, 6.07) is 7.06. The van der Waals surface area contributed by atoms with Crippen LogP contribution < -0.4 is 10.1 Å². The van der Waals surface area contributed by atoms with Crippen LogP contribution in [0.15, 0.2) is 36.5 Å². The van der Waals surface area contributed by atoms with Gasteiger partial charge < -0.3 is 15.2 Å². The number of ether oxygens (including phenoxy) is 1. The topological polar surface area (TPSA) is 54.4 Å². The van der Waals surface area contributed by atoms with Gasteiger partial charge in [-0.25, -0.2) is 13.8 Å². The Morgan fingerprint density at radius 1 is 1.24 bits per heavy atom. The van der Waals surface area contributed by atoms with Crippen molar-refractivity contribution in [3.63, 3.8) is 0 Å². The maximum atomic E-state index is 13.5. The van der Waals surface area contributed by atoms with Crippen LogP contribution in [0.3, 0.4) is 0 Å². The van der Waals surface area contributed by atoms with Crippen molar-refractivity contribution in [2.45, 2.75) is 12.6 Å². The van der Waals surface area contributed by atoms with Gasteiger partial charge in [0.2, 0.25) is 5.88 Å². The molecule has 0 amide bonds. The highest BCUT2D eigenvalue weighted by Gasteiger charge is 2.17. The lowest BCUT2D eigenvalue weighted by atomic mass is 10.1. The van der Waals surface area contributed by atoms with E-state index in [1.807, 2.05) is 6.07 Å². The van der Waals surface area contributed by atoms with Gasteiger partial charge in [-0.2, -0.15) is 0 Å². The number of nitrogens with zero attached hydrogens (tertiary/aromatic N) is 1. The van der Waals surface area contributed by atoms with Gasteiger partial charge in [0, 0.05) is 24.8 Å². The Labute approximate surface area is 121 Å². The summed E-state index contributed by atoms with van der Waals surface area (Å²) >= 11 is 0. The molecule has 2 aromatic rings. The first-order valence-corrected chi connectivity index (χ1v) is 6.44. The molecular weight excluding hydrogens is 278 g/mol. The monoisotopic (exact) mass is 294 g/mol. The number of nitrogens with one attached hydrogen (secondary N) is 1. The van der Waals surface area contributed by atoms with Crippen molar-refractivity contribution in [3.05, 3.63) is 59.3 Å². The van der Waals surface area contributed by atoms with E-state index in [1.54, 1.807) is 12.3 Å². The number of pyridine rings is 1. The van der Waals surface area contributed by atoms with Gasteiger partial charge in [-0.15, -0.1) is 0 Å². The maximum absolute atomic E-state index is 13.5. The first-order valence-electron chi connectivity index (χ1n) is 6.44. The number of hydrogen-bond acceptors (Lipinski definition) is 4. The molecule has 1 heterocycles. The van der Waals surface area contributed by atoms with Crippen molar-refractivity contribution in [1.82, 2.24) is 10.3 Å². The standard InChI is InChI=1S/C15H16F2N2O2/c1-21-15-10(4-3-7-19-15)8-18-9-13(20)14-11(16)5-2-6-12(14)17/h2-7,13,18,20H,8-9H2,1H3. The highest BCUT2D eigenvalue weighted by Crippen LogP contribution is 2.20. The van der Waals surface area contributed by atoms with Crippen LogP contribution >= 0.6 is 0 Å². The van der Waals surface area contributed by atoms with E-state index in [2.05, 4.69) is 10.3 Å². The minimum absolute atomic E-state index is 0.00982. The summed E-state index contributed by atoms with van der Waals surface area (Å²) in [7, 11) is 1.51. The summed E-state index contributed by atoms with van der Waals surface area (Å²) in [6.07, 6.45) is 0.334. The summed E-state index contributed by atoms with van der Waals surface area (Å²) in [5, 5.41) is 12.8. The van der Waals surface area contributed by atoms with Gasteiger partial charge in [-0.1, -0.05) is 12.1 Å². The Hall–Kier alpha value is -2.05. The quantitative estimate of drug-likeness (QED) is 0.857. The summed E-state index contributed by atoms with van der Waals surface area (Å²) in [5.74, 6) is -1.05. The molecule has 1 atom stereocenters. The fourth-order valence-corrected chi connectivity index (χ4v) is 2.02. The van der Waals surface area contributed by atoms with Gasteiger partial charge in [0.15, 0.2) is 0 Å². The molecule has 0 spiro atoms. The van der Waals surface area contributed by atoms with Crippen LogP contribution in [0.1, 0.15) is 17.2 Å². The van der Waals surface area contributed by atoms with Crippen LogP contribution in [-0.4, -0.2) is 23.7 Å². The van der Waals surface area contributed by atoms with E-state index in [1.165, 1.54) is 13.2 Å². The maximum Gasteiger partial charge on any atom is 0.217 e. The summed E-state index contributed by atoms with van der Waals surface area (Å²) in [5.41, 5.74) is 0.462. The highest BCUT2D eigenvalue weighted by molar-refractivity contribution is 5.25. The molecular formula is C15H16F2N2O2. The molecule has 0 radical (unpaired) electrons. The zero-order valence-corrected chi connectivity index (χ0v) is 11.5. The Bertz CT molecular complexity index is 588. The van der Waals surface area contributed by atoms with Crippen molar-refractivity contribution in [2.75, 3.05) is 13.7 Å². The average Bonchev–Trinajstić information content (AvgIpc) is 2.47. The molecule has 4 nitrogen and oxygen atoms in total. The molecule has 2 N–H and O–H groups in total. The molecule has 1 aromatic carbocycles. The predicted octanol–water partition coefficient (Wildman–Crippen LogP) is 2.19. The second-order valence-corrected chi connectivity index (χ2v) is 4.45. The van der Waals surface area contributed by atoms with E-state index in [0.29, 0.717) is 12.4 Å². The summed E-state index contributed by atoms with van der Waals surface area (Å²) in [4.78, 5) is 4.04. The molecule has 6 heteroatoms. The lowest BCUT2D eigenvalue weighted by Crippen LogP contribution is -2.22. The molecule has 0 aliphatic heterocycles. The van der Waals surface area contributed by atoms with Gasteiger partial charge in [0.1, 0.15) is 11.6 Å². The van der Waals surface area contributed by atoms with Crippen molar-refractivity contribution in [3.8, 4) is 5.88 Å². The van der Waals surface area contributed by atoms with Gasteiger partial charge in [-0.3, -0.25) is 0 Å². The van der Waals surface area contributed by atoms with Gasteiger partial charge >= 0.3 is 0 Å². The molecule has 1 aromatic heterocycles. The highest BCUT2D eigenvalue weighted by atomic mass is 19.1. The molecule has 0 bridgehead atoms. The SMILES string of the molecule is COc1ncccc1CNCC(O)c1c(F)cccc1F. The Morgan fingerprint density at radius 2 is 1.95 bits per heavy atom. The van der Waals surface area contributed by atoms with Crippen LogP contribution in [0, 0.1) is 11.6 Å². The third-order valence-corrected chi connectivity index (χ3v) is 3.03. The number of benzene rings is 1. The summed E-state index contributed by atoms with van der Waals surface area (Å²) in [6.45, 7) is 0.375. The average molecular weight is 294 g/mol. The number of methoxy groups -OCH3 is 1. The van der Waals surface area contributed by atoms with Crippen LogP contribution in [-0.2, 0) is 6.54 Å². The van der Waals surface area contributed by atoms with Crippen LogP contribution in [0.2, 0.25) is 0 Å².